The number of methoxy groups -OCH3 is 1. The Balaban J connectivity index is 1.41. The number of halogens is 2. The smallest absolute Gasteiger partial charge is 0.257 e. The van der Waals surface area contributed by atoms with Gasteiger partial charge in [0.05, 0.1) is 13.2 Å². The van der Waals surface area contributed by atoms with Crippen LogP contribution in [-0.4, -0.2) is 38.7 Å². The summed E-state index contributed by atoms with van der Waals surface area (Å²) in [5, 5.41) is 6.71. The lowest BCUT2D eigenvalue weighted by Gasteiger charge is -2.14. The highest BCUT2D eigenvalue weighted by Gasteiger charge is 2.27. The van der Waals surface area contributed by atoms with E-state index < -0.39 is 17.5 Å². The summed E-state index contributed by atoms with van der Waals surface area (Å²) in [6.07, 6.45) is 4.79. The van der Waals surface area contributed by atoms with E-state index in [1.54, 1.807) is 30.6 Å². The number of carbonyl (C=O) groups is 1. The van der Waals surface area contributed by atoms with Gasteiger partial charge in [0.2, 0.25) is 11.8 Å². The molecule has 0 spiro atoms. The molecule has 1 aliphatic carbocycles. The second-order valence-corrected chi connectivity index (χ2v) is 7.84. The van der Waals surface area contributed by atoms with Gasteiger partial charge in [0, 0.05) is 36.1 Å². The fourth-order valence-corrected chi connectivity index (χ4v) is 3.51. The number of pyridine rings is 2. The first-order valence-corrected chi connectivity index (χ1v) is 10.5. The summed E-state index contributed by atoms with van der Waals surface area (Å²) < 4.78 is 40.5. The van der Waals surface area contributed by atoms with Crippen LogP contribution in [0.3, 0.4) is 0 Å². The van der Waals surface area contributed by atoms with Gasteiger partial charge in [-0.25, -0.2) is 18.3 Å². The van der Waals surface area contributed by atoms with Gasteiger partial charge in [-0.1, -0.05) is 0 Å². The van der Waals surface area contributed by atoms with Crippen LogP contribution >= 0.6 is 0 Å². The number of nitrogens with zero attached hydrogens (tertiary/aromatic N) is 4. The number of hydrogen-bond acceptors (Lipinski definition) is 7. The zero-order chi connectivity index (χ0) is 23.8. The van der Waals surface area contributed by atoms with Crippen molar-refractivity contribution in [1.82, 2.24) is 24.9 Å². The minimum Gasteiger partial charge on any atom is -0.487 e. The van der Waals surface area contributed by atoms with Gasteiger partial charge in [-0.05, 0) is 42.7 Å². The van der Waals surface area contributed by atoms with Crippen molar-refractivity contribution in [3.05, 3.63) is 65.5 Å². The molecule has 0 bridgehead atoms. The van der Waals surface area contributed by atoms with E-state index in [1.165, 1.54) is 11.6 Å². The van der Waals surface area contributed by atoms with Crippen LogP contribution in [0.25, 0.3) is 16.8 Å². The van der Waals surface area contributed by atoms with Crippen molar-refractivity contribution in [3.8, 4) is 22.8 Å². The molecule has 3 heterocycles. The van der Waals surface area contributed by atoms with Crippen molar-refractivity contribution in [3.63, 3.8) is 0 Å². The summed E-state index contributed by atoms with van der Waals surface area (Å²) in [6, 6.07) is 7.06. The second kappa shape index (κ2) is 8.58. The number of nitrogen functional groups attached to an aromatic ring is 1. The third-order valence-corrected chi connectivity index (χ3v) is 5.31. The lowest BCUT2D eigenvalue weighted by molar-refractivity contribution is 0.0946. The average Bonchev–Trinajstić information content (AvgIpc) is 3.56. The van der Waals surface area contributed by atoms with Gasteiger partial charge in [-0.2, -0.15) is 4.98 Å². The maximum atomic E-state index is 14.3. The topological polar surface area (TPSA) is 117 Å². The molecule has 5 rings (SSSR count). The second-order valence-electron chi connectivity index (χ2n) is 7.84. The maximum absolute atomic E-state index is 14.3. The Morgan fingerprint density at radius 3 is 2.82 bits per heavy atom. The van der Waals surface area contributed by atoms with E-state index in [-0.39, 0.29) is 41.4 Å². The molecule has 0 aliphatic heterocycles. The van der Waals surface area contributed by atoms with E-state index in [1.807, 2.05) is 0 Å². The minimum atomic E-state index is -0.804. The van der Waals surface area contributed by atoms with Crippen LogP contribution < -0.4 is 20.5 Å². The lowest BCUT2D eigenvalue weighted by atomic mass is 10.1. The molecular weight excluding hydrogens is 446 g/mol. The Labute approximate surface area is 192 Å². The van der Waals surface area contributed by atoms with Gasteiger partial charge in [0.1, 0.15) is 11.4 Å². The number of hydrogen-bond donors (Lipinski definition) is 2. The fourth-order valence-electron chi connectivity index (χ4n) is 3.51. The summed E-state index contributed by atoms with van der Waals surface area (Å²) in [5.41, 5.74) is 7.90. The van der Waals surface area contributed by atoms with Gasteiger partial charge in [-0.15, -0.1) is 5.10 Å². The van der Waals surface area contributed by atoms with Crippen LogP contribution in [-0.2, 0) is 6.54 Å². The van der Waals surface area contributed by atoms with Crippen LogP contribution in [0.2, 0.25) is 0 Å². The number of nitrogens with one attached hydrogen (secondary N) is 1. The number of carbonyl (C=O) groups excluding carboxylic acids is 1. The molecule has 3 aromatic heterocycles. The van der Waals surface area contributed by atoms with Gasteiger partial charge in [0.25, 0.3) is 5.91 Å². The van der Waals surface area contributed by atoms with Gasteiger partial charge in [-0.3, -0.25) is 4.79 Å². The van der Waals surface area contributed by atoms with Crippen LogP contribution in [0.15, 0.2) is 42.7 Å². The average molecular weight is 466 g/mol. The molecule has 3 N–H and O–H groups in total. The van der Waals surface area contributed by atoms with E-state index in [0.29, 0.717) is 11.2 Å². The monoisotopic (exact) mass is 466 g/mol. The highest BCUT2D eigenvalue weighted by Crippen LogP contribution is 2.32. The van der Waals surface area contributed by atoms with Crippen LogP contribution in [0.4, 0.5) is 14.7 Å². The fraction of sp³-hybridized carbons (Fsp3) is 0.217. The Morgan fingerprint density at radius 1 is 1.24 bits per heavy atom. The predicted molar refractivity (Wildman–Crippen MR) is 118 cm³/mol. The summed E-state index contributed by atoms with van der Waals surface area (Å²) in [6.45, 7) is -0.145. The van der Waals surface area contributed by atoms with E-state index in [4.69, 9.17) is 15.2 Å². The predicted octanol–water partition coefficient (Wildman–Crippen LogP) is 3.13. The summed E-state index contributed by atoms with van der Waals surface area (Å²) in [5.74, 6) is -1.89. The molecule has 0 unspecified atom stereocenters. The van der Waals surface area contributed by atoms with Crippen molar-refractivity contribution in [1.29, 1.82) is 0 Å². The minimum absolute atomic E-state index is 0.0519. The third kappa shape index (κ3) is 4.32. The SMILES string of the molecule is COc1ncc(-c2ccn3nc(N)nc3c2)cc1C(=O)NCc1cc(F)cc(F)c1OC1CC1. The molecule has 1 aromatic carbocycles. The molecule has 1 aliphatic rings. The molecule has 4 aromatic rings. The molecule has 9 nitrogen and oxygen atoms in total. The Bertz CT molecular complexity index is 1400. The van der Waals surface area contributed by atoms with E-state index in [2.05, 4.69) is 20.4 Å². The largest absolute Gasteiger partial charge is 0.487 e. The van der Waals surface area contributed by atoms with E-state index >= 15 is 0 Å². The summed E-state index contributed by atoms with van der Waals surface area (Å²) in [7, 11) is 1.40. The van der Waals surface area contributed by atoms with Crippen molar-refractivity contribution in [2.75, 3.05) is 12.8 Å². The standard InChI is InChI=1S/C23H20F2N6O3/c1-33-22-17(7-13(10-28-22)12-4-5-31-19(8-12)29-23(26)30-31)21(32)27-11-14-6-15(24)9-18(25)20(14)34-16-2-3-16/h4-10,16H,2-3,11H2,1H3,(H2,26,30)(H,27,32). The van der Waals surface area contributed by atoms with Gasteiger partial charge >= 0.3 is 0 Å². The number of nitrogens with two attached hydrogens (primary N) is 1. The number of amides is 1. The zero-order valence-electron chi connectivity index (χ0n) is 18.1. The highest BCUT2D eigenvalue weighted by atomic mass is 19.1. The number of ether oxygens (including phenoxy) is 2. The lowest BCUT2D eigenvalue weighted by Crippen LogP contribution is -2.24. The molecule has 1 amide bonds. The Hall–Kier alpha value is -4.28. The first-order valence-electron chi connectivity index (χ1n) is 10.5. The zero-order valence-corrected chi connectivity index (χ0v) is 18.1. The molecule has 1 saturated carbocycles. The first-order chi connectivity index (χ1) is 16.4. The summed E-state index contributed by atoms with van der Waals surface area (Å²) in [4.78, 5) is 21.4. The van der Waals surface area contributed by atoms with E-state index in [9.17, 15) is 13.6 Å². The molecule has 11 heteroatoms. The normalized spacial score (nSPS) is 13.1. The number of benzene rings is 1. The third-order valence-electron chi connectivity index (χ3n) is 5.31. The van der Waals surface area contributed by atoms with Crippen molar-refractivity contribution in [2.45, 2.75) is 25.5 Å². The van der Waals surface area contributed by atoms with Crippen LogP contribution in [0.1, 0.15) is 28.8 Å². The first kappa shape index (κ1) is 21.6. The number of aromatic nitrogens is 4. The van der Waals surface area contributed by atoms with Gasteiger partial charge < -0.3 is 20.5 Å². The molecule has 0 atom stereocenters. The number of anilines is 1. The highest BCUT2D eigenvalue weighted by molar-refractivity contribution is 5.97. The molecule has 174 valence electrons. The molecule has 1 fully saturated rings. The number of rotatable bonds is 7. The molecule has 0 saturated heterocycles. The quantitative estimate of drug-likeness (QED) is 0.430. The molecule has 0 radical (unpaired) electrons. The Kier molecular flexibility index (Phi) is 5.44. The van der Waals surface area contributed by atoms with E-state index in [0.717, 1.165) is 30.5 Å². The Morgan fingerprint density at radius 2 is 2.06 bits per heavy atom. The molecular formula is C23H20F2N6O3. The van der Waals surface area contributed by atoms with Crippen molar-refractivity contribution in [2.24, 2.45) is 0 Å². The van der Waals surface area contributed by atoms with Gasteiger partial charge in [0.15, 0.2) is 17.2 Å². The maximum Gasteiger partial charge on any atom is 0.257 e. The summed E-state index contributed by atoms with van der Waals surface area (Å²) >= 11 is 0. The van der Waals surface area contributed by atoms with Crippen molar-refractivity contribution >= 4 is 17.5 Å². The van der Waals surface area contributed by atoms with Crippen LogP contribution in [0.5, 0.6) is 11.6 Å². The van der Waals surface area contributed by atoms with Crippen LogP contribution in [0, 0.1) is 11.6 Å². The number of fused-ring (bicyclic) bond motifs is 1. The van der Waals surface area contributed by atoms with Crippen molar-refractivity contribution < 1.29 is 23.0 Å². The molecule has 34 heavy (non-hydrogen) atoms.